The van der Waals surface area contributed by atoms with E-state index in [-0.39, 0.29) is 11.3 Å². The summed E-state index contributed by atoms with van der Waals surface area (Å²) in [6.07, 6.45) is 2.94. The molecule has 0 bridgehead atoms. The number of rotatable bonds is 6. The van der Waals surface area contributed by atoms with E-state index in [4.69, 9.17) is 11.6 Å². The van der Waals surface area contributed by atoms with Gasteiger partial charge in [0.2, 0.25) is 5.91 Å². The van der Waals surface area contributed by atoms with Crippen LogP contribution in [0.3, 0.4) is 0 Å². The summed E-state index contributed by atoms with van der Waals surface area (Å²) in [5.74, 6) is 0.275. The molecule has 1 heterocycles. The van der Waals surface area contributed by atoms with Crippen LogP contribution in [0.4, 0.5) is 0 Å². The molecule has 2 rings (SSSR count). The Morgan fingerprint density at radius 3 is 2.71 bits per heavy atom. The summed E-state index contributed by atoms with van der Waals surface area (Å²) in [5.41, 5.74) is 0.804. The van der Waals surface area contributed by atoms with Crippen LogP contribution in [0, 0.1) is 5.41 Å². The largest absolute Gasteiger partial charge is 0.338 e. The average molecular weight is 309 g/mol. The molecule has 1 aromatic carbocycles. The number of hydrogen-bond acceptors (Lipinski definition) is 2. The highest BCUT2D eigenvalue weighted by atomic mass is 35.5. The lowest BCUT2D eigenvalue weighted by atomic mass is 9.81. The molecule has 0 spiro atoms. The van der Waals surface area contributed by atoms with Crippen molar-refractivity contribution in [3.8, 4) is 0 Å². The monoisotopic (exact) mass is 308 g/mol. The maximum atomic E-state index is 13.0. The number of carbonyl (C=O) groups is 1. The van der Waals surface area contributed by atoms with E-state index in [1.807, 2.05) is 36.1 Å². The lowest BCUT2D eigenvalue weighted by Gasteiger charge is -2.33. The van der Waals surface area contributed by atoms with Crippen LogP contribution in [0.25, 0.3) is 0 Å². The van der Waals surface area contributed by atoms with Crippen LogP contribution >= 0.6 is 11.6 Å². The van der Waals surface area contributed by atoms with E-state index >= 15 is 0 Å². The summed E-state index contributed by atoms with van der Waals surface area (Å²) in [4.78, 5) is 15.0. The van der Waals surface area contributed by atoms with E-state index in [9.17, 15) is 4.79 Å². The molecule has 1 aliphatic rings. The van der Waals surface area contributed by atoms with Crippen molar-refractivity contribution in [2.45, 2.75) is 39.7 Å². The van der Waals surface area contributed by atoms with Gasteiger partial charge in [-0.05, 0) is 37.9 Å². The Labute approximate surface area is 132 Å². The van der Waals surface area contributed by atoms with Gasteiger partial charge in [-0.3, -0.25) is 4.79 Å². The van der Waals surface area contributed by atoms with Crippen molar-refractivity contribution in [3.05, 3.63) is 34.9 Å². The van der Waals surface area contributed by atoms with Crippen molar-refractivity contribution >= 4 is 17.5 Å². The molecule has 1 atom stereocenters. The first-order valence-electron chi connectivity index (χ1n) is 7.86. The molecule has 1 N–H and O–H groups in total. The second-order valence-corrected chi connectivity index (χ2v) is 6.28. The fourth-order valence-electron chi connectivity index (χ4n) is 3.22. The number of hydrogen-bond donors (Lipinski definition) is 1. The van der Waals surface area contributed by atoms with Gasteiger partial charge in [0.1, 0.15) is 0 Å². The first kappa shape index (κ1) is 16.3. The molecule has 21 heavy (non-hydrogen) atoms. The average Bonchev–Trinajstić information content (AvgIpc) is 2.96. The van der Waals surface area contributed by atoms with Gasteiger partial charge in [0, 0.05) is 24.7 Å². The third-order valence-electron chi connectivity index (χ3n) is 4.41. The predicted molar refractivity (Wildman–Crippen MR) is 87.4 cm³/mol. The SMILES string of the molecule is CCCC1(C(=O)N(CC)Cc2ccccc2Cl)CCNC1. The lowest BCUT2D eigenvalue weighted by molar-refractivity contribution is -0.142. The van der Waals surface area contributed by atoms with Gasteiger partial charge in [0.25, 0.3) is 0 Å². The summed E-state index contributed by atoms with van der Waals surface area (Å²) in [6.45, 7) is 7.25. The minimum atomic E-state index is -0.216. The van der Waals surface area contributed by atoms with Crippen LogP contribution in [-0.4, -0.2) is 30.4 Å². The summed E-state index contributed by atoms with van der Waals surface area (Å²) in [6, 6.07) is 7.77. The Hall–Kier alpha value is -1.06. The molecule has 116 valence electrons. The molecule has 0 aliphatic carbocycles. The quantitative estimate of drug-likeness (QED) is 0.873. The molecule has 1 saturated heterocycles. The Kier molecular flexibility index (Phi) is 5.65. The highest BCUT2D eigenvalue weighted by Crippen LogP contribution is 2.34. The van der Waals surface area contributed by atoms with E-state index in [0.717, 1.165) is 49.5 Å². The van der Waals surface area contributed by atoms with Gasteiger partial charge in [0.05, 0.1) is 5.41 Å². The highest BCUT2D eigenvalue weighted by Gasteiger charge is 2.42. The second kappa shape index (κ2) is 7.28. The molecular formula is C17H25ClN2O. The summed E-state index contributed by atoms with van der Waals surface area (Å²) in [7, 11) is 0. The number of nitrogens with zero attached hydrogens (tertiary/aromatic N) is 1. The Morgan fingerprint density at radius 1 is 1.38 bits per heavy atom. The topological polar surface area (TPSA) is 32.3 Å². The zero-order valence-corrected chi connectivity index (χ0v) is 13.7. The van der Waals surface area contributed by atoms with Gasteiger partial charge in [-0.15, -0.1) is 0 Å². The summed E-state index contributed by atoms with van der Waals surface area (Å²) >= 11 is 6.24. The molecule has 1 fully saturated rings. The number of amides is 1. The van der Waals surface area contributed by atoms with Crippen molar-refractivity contribution in [2.75, 3.05) is 19.6 Å². The Bertz CT molecular complexity index is 483. The fourth-order valence-corrected chi connectivity index (χ4v) is 3.42. The summed E-state index contributed by atoms with van der Waals surface area (Å²) < 4.78 is 0. The van der Waals surface area contributed by atoms with Gasteiger partial charge in [-0.25, -0.2) is 0 Å². The van der Waals surface area contributed by atoms with Crippen LogP contribution in [0.5, 0.6) is 0 Å². The Morgan fingerprint density at radius 2 is 2.14 bits per heavy atom. The van der Waals surface area contributed by atoms with E-state index in [1.165, 1.54) is 0 Å². The van der Waals surface area contributed by atoms with E-state index in [2.05, 4.69) is 12.2 Å². The van der Waals surface area contributed by atoms with Gasteiger partial charge in [-0.1, -0.05) is 43.1 Å². The molecule has 1 aliphatic heterocycles. The van der Waals surface area contributed by atoms with Crippen molar-refractivity contribution in [3.63, 3.8) is 0 Å². The number of carbonyl (C=O) groups excluding carboxylic acids is 1. The molecule has 1 amide bonds. The fraction of sp³-hybridized carbons (Fsp3) is 0.588. The molecule has 3 nitrogen and oxygen atoms in total. The van der Waals surface area contributed by atoms with Crippen LogP contribution in [0.2, 0.25) is 5.02 Å². The molecule has 0 saturated carbocycles. The van der Waals surface area contributed by atoms with Crippen LogP contribution in [-0.2, 0) is 11.3 Å². The van der Waals surface area contributed by atoms with Crippen LogP contribution in [0.1, 0.15) is 38.7 Å². The third-order valence-corrected chi connectivity index (χ3v) is 4.78. The molecule has 1 unspecified atom stereocenters. The van der Waals surface area contributed by atoms with E-state index < -0.39 is 0 Å². The standard InChI is InChI=1S/C17H25ClN2O/c1-3-9-17(10-11-19-13-17)16(21)20(4-2)12-14-7-5-6-8-15(14)18/h5-8,19H,3-4,9-13H2,1-2H3. The minimum absolute atomic E-state index is 0.216. The van der Waals surface area contributed by atoms with Crippen LogP contribution in [0.15, 0.2) is 24.3 Å². The first-order valence-corrected chi connectivity index (χ1v) is 8.24. The van der Waals surface area contributed by atoms with Gasteiger partial charge >= 0.3 is 0 Å². The van der Waals surface area contributed by atoms with Gasteiger partial charge in [-0.2, -0.15) is 0 Å². The second-order valence-electron chi connectivity index (χ2n) is 5.87. The van der Waals surface area contributed by atoms with Crippen molar-refractivity contribution in [2.24, 2.45) is 5.41 Å². The maximum Gasteiger partial charge on any atom is 0.230 e. The first-order chi connectivity index (χ1) is 10.1. The smallest absolute Gasteiger partial charge is 0.230 e. The van der Waals surface area contributed by atoms with Crippen molar-refractivity contribution in [1.29, 1.82) is 0 Å². The lowest BCUT2D eigenvalue weighted by Crippen LogP contribution is -2.45. The third kappa shape index (κ3) is 3.58. The zero-order valence-electron chi connectivity index (χ0n) is 13.0. The number of nitrogens with one attached hydrogen (secondary N) is 1. The molecule has 4 heteroatoms. The van der Waals surface area contributed by atoms with Crippen molar-refractivity contribution in [1.82, 2.24) is 10.2 Å². The van der Waals surface area contributed by atoms with E-state index in [1.54, 1.807) is 0 Å². The molecule has 1 aromatic rings. The van der Waals surface area contributed by atoms with Gasteiger partial charge < -0.3 is 10.2 Å². The predicted octanol–water partition coefficient (Wildman–Crippen LogP) is 3.47. The summed E-state index contributed by atoms with van der Waals surface area (Å²) in [5, 5.41) is 4.09. The van der Waals surface area contributed by atoms with Crippen LogP contribution < -0.4 is 5.32 Å². The number of halogens is 1. The number of benzene rings is 1. The van der Waals surface area contributed by atoms with Gasteiger partial charge in [0.15, 0.2) is 0 Å². The zero-order chi connectivity index (χ0) is 15.3. The molecular weight excluding hydrogens is 284 g/mol. The van der Waals surface area contributed by atoms with Crippen molar-refractivity contribution < 1.29 is 4.79 Å². The normalized spacial score (nSPS) is 21.5. The Balaban J connectivity index is 2.16. The minimum Gasteiger partial charge on any atom is -0.338 e. The van der Waals surface area contributed by atoms with E-state index in [0.29, 0.717) is 6.54 Å². The maximum absolute atomic E-state index is 13.0. The highest BCUT2D eigenvalue weighted by molar-refractivity contribution is 6.31. The molecule has 0 radical (unpaired) electrons. The molecule has 0 aromatic heterocycles.